The molecule has 0 spiro atoms. The van der Waals surface area contributed by atoms with Crippen LogP contribution in [0.5, 0.6) is 0 Å². The van der Waals surface area contributed by atoms with E-state index in [1.807, 2.05) is 46.8 Å². The van der Waals surface area contributed by atoms with Gasteiger partial charge in [-0.25, -0.2) is 4.99 Å². The van der Waals surface area contributed by atoms with Crippen molar-refractivity contribution < 1.29 is 0 Å². The van der Waals surface area contributed by atoms with Crippen LogP contribution in [0.25, 0.3) is 3.58 Å². The molecule has 2 aromatic rings. The molecule has 0 aliphatic carbocycles. The van der Waals surface area contributed by atoms with Crippen LogP contribution in [0.2, 0.25) is 0 Å². The van der Waals surface area contributed by atoms with E-state index >= 15 is 0 Å². The minimum Gasteiger partial charge on any atom is -0.349 e. The SMILES string of the molecule is CCN1C(C#N)=C(C#N)N=C(c2ccsc2)C1/C=C(/I)c1ccccc1. The zero-order valence-electron chi connectivity index (χ0n) is 14.1. The van der Waals surface area contributed by atoms with Gasteiger partial charge in [-0.05, 0) is 58.0 Å². The van der Waals surface area contributed by atoms with Crippen LogP contribution >= 0.6 is 33.9 Å². The summed E-state index contributed by atoms with van der Waals surface area (Å²) in [6.07, 6.45) is 2.11. The third-order valence-electron chi connectivity index (χ3n) is 4.08. The number of thiophene rings is 1. The molecule has 1 aliphatic rings. The van der Waals surface area contributed by atoms with Gasteiger partial charge >= 0.3 is 0 Å². The third kappa shape index (κ3) is 3.57. The maximum atomic E-state index is 9.59. The Morgan fingerprint density at radius 3 is 2.62 bits per heavy atom. The van der Waals surface area contributed by atoms with Gasteiger partial charge in [-0.1, -0.05) is 30.3 Å². The van der Waals surface area contributed by atoms with Gasteiger partial charge in [0.1, 0.15) is 12.1 Å². The zero-order chi connectivity index (χ0) is 18.5. The summed E-state index contributed by atoms with van der Waals surface area (Å²) in [6.45, 7) is 2.59. The molecule has 1 aromatic carbocycles. The van der Waals surface area contributed by atoms with Crippen molar-refractivity contribution in [1.29, 1.82) is 10.5 Å². The van der Waals surface area contributed by atoms with Crippen molar-refractivity contribution in [3.05, 3.63) is 75.8 Å². The lowest BCUT2D eigenvalue weighted by Gasteiger charge is -2.34. The molecular weight excluding hydrogens is 455 g/mol. The Bertz CT molecular complexity index is 959. The Hall–Kier alpha value is -2.42. The second kappa shape index (κ2) is 8.31. The van der Waals surface area contributed by atoms with E-state index in [0.29, 0.717) is 12.2 Å². The molecule has 1 atom stereocenters. The molecule has 0 saturated heterocycles. The van der Waals surface area contributed by atoms with Gasteiger partial charge in [0.25, 0.3) is 0 Å². The Kier molecular flexibility index (Phi) is 5.87. The van der Waals surface area contributed by atoms with Gasteiger partial charge in [0, 0.05) is 15.7 Å². The van der Waals surface area contributed by atoms with Crippen LogP contribution in [0.3, 0.4) is 0 Å². The van der Waals surface area contributed by atoms with E-state index in [4.69, 9.17) is 0 Å². The molecule has 2 heterocycles. The minimum atomic E-state index is -0.201. The lowest BCUT2D eigenvalue weighted by Crippen LogP contribution is -2.42. The lowest BCUT2D eigenvalue weighted by molar-refractivity contribution is 0.366. The van der Waals surface area contributed by atoms with Crippen molar-refractivity contribution in [2.75, 3.05) is 6.54 Å². The van der Waals surface area contributed by atoms with E-state index in [1.165, 1.54) is 0 Å². The van der Waals surface area contributed by atoms with Crippen molar-refractivity contribution in [3.8, 4) is 12.1 Å². The Balaban J connectivity index is 2.15. The number of benzene rings is 1. The summed E-state index contributed by atoms with van der Waals surface area (Å²) in [4.78, 5) is 6.50. The average Bonchev–Trinajstić information content (AvgIpc) is 3.22. The number of halogens is 1. The Morgan fingerprint density at radius 2 is 2.04 bits per heavy atom. The molecule has 0 saturated carbocycles. The van der Waals surface area contributed by atoms with Crippen LogP contribution in [0.1, 0.15) is 18.1 Å². The zero-order valence-corrected chi connectivity index (χ0v) is 17.0. The summed E-state index contributed by atoms with van der Waals surface area (Å²) < 4.78 is 1.08. The molecule has 4 nitrogen and oxygen atoms in total. The van der Waals surface area contributed by atoms with Crippen LogP contribution in [-0.2, 0) is 0 Å². The van der Waals surface area contributed by atoms with Gasteiger partial charge in [0.15, 0.2) is 11.4 Å². The monoisotopic (exact) mass is 470 g/mol. The third-order valence-corrected chi connectivity index (χ3v) is 5.75. The highest BCUT2D eigenvalue weighted by Gasteiger charge is 2.31. The molecule has 1 aliphatic heterocycles. The van der Waals surface area contributed by atoms with Gasteiger partial charge in [0.2, 0.25) is 0 Å². The quantitative estimate of drug-likeness (QED) is 0.593. The summed E-state index contributed by atoms with van der Waals surface area (Å²) >= 11 is 3.90. The van der Waals surface area contributed by atoms with E-state index in [0.717, 1.165) is 20.4 Å². The number of rotatable bonds is 4. The fraction of sp³-hybridized carbons (Fsp3) is 0.150. The molecule has 0 N–H and O–H groups in total. The van der Waals surface area contributed by atoms with E-state index in [-0.39, 0.29) is 11.7 Å². The molecule has 128 valence electrons. The van der Waals surface area contributed by atoms with Gasteiger partial charge in [0.05, 0.1) is 11.8 Å². The second-order valence-corrected chi connectivity index (χ2v) is 7.48. The Labute approximate surface area is 170 Å². The molecule has 0 amide bonds. The van der Waals surface area contributed by atoms with Crippen LogP contribution in [0.15, 0.2) is 69.6 Å². The normalized spacial score (nSPS) is 17.5. The molecule has 26 heavy (non-hydrogen) atoms. The maximum Gasteiger partial charge on any atom is 0.175 e. The topological polar surface area (TPSA) is 63.2 Å². The van der Waals surface area contributed by atoms with E-state index < -0.39 is 0 Å². The number of nitriles is 2. The van der Waals surface area contributed by atoms with Crippen molar-refractivity contribution >= 4 is 43.2 Å². The molecule has 6 heteroatoms. The summed E-state index contributed by atoms with van der Waals surface area (Å²) in [7, 11) is 0. The van der Waals surface area contributed by atoms with Crippen LogP contribution in [-0.4, -0.2) is 23.2 Å². The first-order chi connectivity index (χ1) is 12.7. The number of aliphatic imine (C=N–C) groups is 1. The van der Waals surface area contributed by atoms with Gasteiger partial charge in [-0.3, -0.25) is 0 Å². The number of hydrogen-bond acceptors (Lipinski definition) is 5. The fourth-order valence-corrected chi connectivity index (χ4v) is 4.21. The highest BCUT2D eigenvalue weighted by molar-refractivity contribution is 14.1. The number of nitrogens with zero attached hydrogens (tertiary/aromatic N) is 4. The van der Waals surface area contributed by atoms with Crippen molar-refractivity contribution in [1.82, 2.24) is 4.90 Å². The molecule has 0 radical (unpaired) electrons. The Morgan fingerprint density at radius 1 is 1.27 bits per heavy atom. The number of likely N-dealkylation sites (N-methyl/N-ethyl adjacent to an activating group) is 1. The fourth-order valence-electron chi connectivity index (χ4n) is 2.86. The first-order valence-corrected chi connectivity index (χ1v) is 10.1. The number of allylic oxidation sites excluding steroid dienone is 2. The smallest absolute Gasteiger partial charge is 0.175 e. The largest absolute Gasteiger partial charge is 0.349 e. The molecule has 3 rings (SSSR count). The molecule has 1 unspecified atom stereocenters. The molecule has 1 aromatic heterocycles. The lowest BCUT2D eigenvalue weighted by atomic mass is 9.99. The summed E-state index contributed by atoms with van der Waals surface area (Å²) in [6, 6.07) is 16.1. The molecule has 0 bridgehead atoms. The van der Waals surface area contributed by atoms with Crippen molar-refractivity contribution in [2.24, 2.45) is 4.99 Å². The van der Waals surface area contributed by atoms with Crippen LogP contribution in [0.4, 0.5) is 0 Å². The van der Waals surface area contributed by atoms with Gasteiger partial charge < -0.3 is 4.90 Å². The average molecular weight is 470 g/mol. The summed E-state index contributed by atoms with van der Waals surface area (Å²) in [5.41, 5.74) is 3.40. The van der Waals surface area contributed by atoms with Crippen molar-refractivity contribution in [3.63, 3.8) is 0 Å². The second-order valence-electron chi connectivity index (χ2n) is 5.54. The first kappa shape index (κ1) is 18.4. The van der Waals surface area contributed by atoms with Crippen LogP contribution in [0, 0.1) is 22.7 Å². The highest BCUT2D eigenvalue weighted by Crippen LogP contribution is 2.30. The standard InChI is InChI=1S/C20H15IN4S/c1-2-25-18(10-16(21)14-6-4-3-5-7-14)20(15-8-9-26-13-15)24-17(11-22)19(25)12-23/h3-10,13,18H,2H2,1H3/b16-10+. The van der Waals surface area contributed by atoms with E-state index in [9.17, 15) is 10.5 Å². The predicted molar refractivity (Wildman–Crippen MR) is 114 cm³/mol. The maximum absolute atomic E-state index is 9.59. The van der Waals surface area contributed by atoms with E-state index in [2.05, 4.69) is 57.9 Å². The van der Waals surface area contributed by atoms with Crippen LogP contribution < -0.4 is 0 Å². The molecular formula is C20H15IN4S. The van der Waals surface area contributed by atoms with Gasteiger partial charge in [-0.15, -0.1) is 0 Å². The summed E-state index contributed by atoms with van der Waals surface area (Å²) in [5, 5.41) is 23.1. The van der Waals surface area contributed by atoms with E-state index in [1.54, 1.807) is 11.3 Å². The highest BCUT2D eigenvalue weighted by atomic mass is 127. The first-order valence-electron chi connectivity index (χ1n) is 8.04. The van der Waals surface area contributed by atoms with Gasteiger partial charge in [-0.2, -0.15) is 21.9 Å². The number of hydrogen-bond donors (Lipinski definition) is 0. The minimum absolute atomic E-state index is 0.176. The predicted octanol–water partition coefficient (Wildman–Crippen LogP) is 4.98. The van der Waals surface area contributed by atoms with Crippen molar-refractivity contribution in [2.45, 2.75) is 13.0 Å². The molecule has 0 fully saturated rings. The summed E-state index contributed by atoms with van der Waals surface area (Å²) in [5.74, 6) is 0.